The molecule has 0 aliphatic carbocycles. The number of aryl methyl sites for hydroxylation is 1. The van der Waals surface area contributed by atoms with Gasteiger partial charge in [0, 0.05) is 30.3 Å². The number of rotatable bonds is 7. The molecule has 0 bridgehead atoms. The van der Waals surface area contributed by atoms with Gasteiger partial charge in [0.2, 0.25) is 0 Å². The van der Waals surface area contributed by atoms with Gasteiger partial charge >= 0.3 is 0 Å². The Labute approximate surface area is 181 Å². The smallest absolute Gasteiger partial charge is 0.253 e. The Morgan fingerprint density at radius 3 is 2.68 bits per heavy atom. The topological polar surface area (TPSA) is 79.2 Å². The molecule has 2 aromatic carbocycles. The van der Waals surface area contributed by atoms with E-state index in [0.29, 0.717) is 11.4 Å². The van der Waals surface area contributed by atoms with Gasteiger partial charge in [-0.1, -0.05) is 48.0 Å². The number of aromatic nitrogens is 2. The van der Waals surface area contributed by atoms with Crippen LogP contribution in [0.4, 0.5) is 11.5 Å². The van der Waals surface area contributed by atoms with Gasteiger partial charge in [0.15, 0.2) is 0 Å². The molecule has 6 nitrogen and oxygen atoms in total. The zero-order valence-electron chi connectivity index (χ0n) is 17.2. The molecule has 1 unspecified atom stereocenters. The van der Waals surface area contributed by atoms with Gasteiger partial charge in [-0.2, -0.15) is 0 Å². The molecule has 1 amide bonds. The molecule has 3 N–H and O–H groups in total. The van der Waals surface area contributed by atoms with Gasteiger partial charge in [-0.3, -0.25) is 4.79 Å². The Bertz CT molecular complexity index is 1170. The van der Waals surface area contributed by atoms with E-state index >= 15 is 0 Å². The Hall–Kier alpha value is -3.90. The van der Waals surface area contributed by atoms with Gasteiger partial charge in [0.1, 0.15) is 5.82 Å². The highest BCUT2D eigenvalue weighted by Crippen LogP contribution is 2.19. The van der Waals surface area contributed by atoms with Gasteiger partial charge in [0.05, 0.1) is 23.9 Å². The summed E-state index contributed by atoms with van der Waals surface area (Å²) in [6.45, 7) is 1.81. The third-order valence-electron chi connectivity index (χ3n) is 4.98. The molecule has 1 atom stereocenters. The minimum Gasteiger partial charge on any atom is -0.394 e. The monoisotopic (exact) mass is 412 g/mol. The summed E-state index contributed by atoms with van der Waals surface area (Å²) in [4.78, 5) is 17.1. The number of carbonyl (C=O) groups excluding carboxylic acids is 1. The maximum atomic E-state index is 12.8. The molecule has 4 aromatic rings. The quantitative estimate of drug-likeness (QED) is 0.421. The highest BCUT2D eigenvalue weighted by molar-refractivity contribution is 5.94. The van der Waals surface area contributed by atoms with Crippen molar-refractivity contribution in [3.63, 3.8) is 0 Å². The number of hydrogen-bond donors (Lipinski definition) is 3. The number of amides is 1. The van der Waals surface area contributed by atoms with Gasteiger partial charge in [-0.25, -0.2) is 4.98 Å². The fraction of sp³-hybridized carbons (Fsp3) is 0.120. The summed E-state index contributed by atoms with van der Waals surface area (Å²) in [5.74, 6) is 0.471. The average Bonchev–Trinajstić information content (AvgIpc) is 3.29. The molecule has 0 spiro atoms. The number of aliphatic hydroxyl groups excluding tert-OH is 1. The van der Waals surface area contributed by atoms with Crippen LogP contribution in [-0.4, -0.2) is 27.2 Å². The van der Waals surface area contributed by atoms with Crippen LogP contribution in [-0.2, 0) is 0 Å². The van der Waals surface area contributed by atoms with Crippen molar-refractivity contribution in [2.45, 2.75) is 13.0 Å². The Morgan fingerprint density at radius 1 is 1.06 bits per heavy atom. The van der Waals surface area contributed by atoms with E-state index in [9.17, 15) is 9.90 Å². The number of hydrogen-bond acceptors (Lipinski definition) is 4. The minimum atomic E-state index is -0.460. The molecule has 2 aromatic heterocycles. The second-order valence-electron chi connectivity index (χ2n) is 7.32. The van der Waals surface area contributed by atoms with Crippen LogP contribution in [0.5, 0.6) is 0 Å². The zero-order chi connectivity index (χ0) is 21.6. The van der Waals surface area contributed by atoms with Crippen LogP contribution in [0.2, 0.25) is 0 Å². The Kier molecular flexibility index (Phi) is 6.10. The van der Waals surface area contributed by atoms with Gasteiger partial charge in [-0.15, -0.1) is 0 Å². The summed E-state index contributed by atoms with van der Waals surface area (Å²) < 4.78 is 1.87. The van der Waals surface area contributed by atoms with Crippen molar-refractivity contribution in [1.82, 2.24) is 14.9 Å². The van der Waals surface area contributed by atoms with E-state index < -0.39 is 6.04 Å². The number of carbonyl (C=O) groups is 1. The summed E-state index contributed by atoms with van der Waals surface area (Å²) in [6, 6.07) is 22.7. The second-order valence-corrected chi connectivity index (χ2v) is 7.32. The van der Waals surface area contributed by atoms with Crippen molar-refractivity contribution in [2.24, 2.45) is 0 Å². The molecule has 31 heavy (non-hydrogen) atoms. The van der Waals surface area contributed by atoms with E-state index in [4.69, 9.17) is 0 Å². The third-order valence-corrected chi connectivity index (χ3v) is 4.98. The fourth-order valence-corrected chi connectivity index (χ4v) is 3.37. The number of nitrogens with one attached hydrogen (secondary N) is 2. The number of benzene rings is 2. The van der Waals surface area contributed by atoms with Crippen LogP contribution >= 0.6 is 0 Å². The van der Waals surface area contributed by atoms with Crippen molar-refractivity contribution in [1.29, 1.82) is 0 Å². The molecule has 0 fully saturated rings. The molecule has 156 valence electrons. The lowest BCUT2D eigenvalue weighted by molar-refractivity contribution is 0.0916. The lowest BCUT2D eigenvalue weighted by atomic mass is 10.0. The van der Waals surface area contributed by atoms with Gasteiger partial charge in [-0.05, 0) is 36.8 Å². The van der Waals surface area contributed by atoms with Gasteiger partial charge < -0.3 is 20.3 Å². The predicted molar refractivity (Wildman–Crippen MR) is 122 cm³/mol. The van der Waals surface area contributed by atoms with E-state index in [1.807, 2.05) is 84.4 Å². The summed E-state index contributed by atoms with van der Waals surface area (Å²) >= 11 is 0. The number of anilines is 2. The highest BCUT2D eigenvalue weighted by Gasteiger charge is 2.16. The summed E-state index contributed by atoms with van der Waals surface area (Å²) in [7, 11) is 0. The van der Waals surface area contributed by atoms with Crippen molar-refractivity contribution < 1.29 is 9.90 Å². The van der Waals surface area contributed by atoms with Gasteiger partial charge in [0.25, 0.3) is 5.91 Å². The maximum Gasteiger partial charge on any atom is 0.253 e. The summed E-state index contributed by atoms with van der Waals surface area (Å²) in [5.41, 5.74) is 4.30. The fourth-order valence-electron chi connectivity index (χ4n) is 3.37. The normalized spacial score (nSPS) is 11.7. The first kappa shape index (κ1) is 20.4. The molecule has 0 aliphatic heterocycles. The Balaban J connectivity index is 1.49. The van der Waals surface area contributed by atoms with E-state index in [0.717, 1.165) is 22.5 Å². The standard InChI is InChI=1S/C25H24N4O2/c1-18-6-5-7-19(14-18)23(17-30)28-25(31)20-11-13-29(16-20)22-10-12-26-24(15-22)27-21-8-3-2-4-9-21/h2-16,23,30H,17H2,1H3,(H,26,27)(H,28,31). The molecule has 6 heteroatoms. The highest BCUT2D eigenvalue weighted by atomic mass is 16.3. The zero-order valence-corrected chi connectivity index (χ0v) is 17.2. The van der Waals surface area contributed by atoms with Crippen LogP contribution in [0.1, 0.15) is 27.5 Å². The molecule has 0 saturated carbocycles. The van der Waals surface area contributed by atoms with E-state index in [1.54, 1.807) is 18.5 Å². The molecule has 0 saturated heterocycles. The van der Waals surface area contributed by atoms with Crippen molar-refractivity contribution in [2.75, 3.05) is 11.9 Å². The van der Waals surface area contributed by atoms with Crippen molar-refractivity contribution >= 4 is 17.4 Å². The minimum absolute atomic E-state index is 0.172. The first-order valence-electron chi connectivity index (χ1n) is 10.1. The van der Waals surface area contributed by atoms with Crippen LogP contribution < -0.4 is 10.6 Å². The van der Waals surface area contributed by atoms with Crippen LogP contribution in [0.3, 0.4) is 0 Å². The molecule has 0 aliphatic rings. The first-order valence-corrected chi connectivity index (χ1v) is 10.1. The third kappa shape index (κ3) is 4.99. The molecule has 0 radical (unpaired) electrons. The predicted octanol–water partition coefficient (Wildman–Crippen LogP) is 4.39. The molecular formula is C25H24N4O2. The first-order chi connectivity index (χ1) is 15.1. The lowest BCUT2D eigenvalue weighted by Crippen LogP contribution is -2.30. The number of aliphatic hydroxyl groups is 1. The number of nitrogens with zero attached hydrogens (tertiary/aromatic N) is 2. The number of para-hydroxylation sites is 1. The van der Waals surface area contributed by atoms with Crippen LogP contribution in [0.25, 0.3) is 5.69 Å². The molecule has 4 rings (SSSR count). The molecular weight excluding hydrogens is 388 g/mol. The average molecular weight is 412 g/mol. The largest absolute Gasteiger partial charge is 0.394 e. The summed E-state index contributed by atoms with van der Waals surface area (Å²) in [5, 5.41) is 15.9. The SMILES string of the molecule is Cc1cccc(C(CO)NC(=O)c2ccn(-c3ccnc(Nc4ccccc4)c3)c2)c1. The van der Waals surface area contributed by atoms with E-state index in [1.165, 1.54) is 0 Å². The van der Waals surface area contributed by atoms with Crippen LogP contribution in [0.15, 0.2) is 91.4 Å². The second kappa shape index (κ2) is 9.28. The lowest BCUT2D eigenvalue weighted by Gasteiger charge is -2.17. The Morgan fingerprint density at radius 2 is 1.90 bits per heavy atom. The van der Waals surface area contributed by atoms with E-state index in [2.05, 4.69) is 15.6 Å². The molecule has 2 heterocycles. The van der Waals surface area contributed by atoms with Crippen LogP contribution in [0, 0.1) is 6.92 Å². The maximum absolute atomic E-state index is 12.8. The van der Waals surface area contributed by atoms with Crippen molar-refractivity contribution in [3.8, 4) is 5.69 Å². The summed E-state index contributed by atoms with van der Waals surface area (Å²) in [6.07, 6.45) is 5.32. The van der Waals surface area contributed by atoms with E-state index in [-0.39, 0.29) is 12.5 Å². The van der Waals surface area contributed by atoms with Crippen molar-refractivity contribution in [3.05, 3.63) is 108 Å². The number of pyridine rings is 1.